The second-order valence-corrected chi connectivity index (χ2v) is 14.6. The Labute approximate surface area is 322 Å². The van der Waals surface area contributed by atoms with Crippen molar-refractivity contribution in [2.24, 2.45) is 0 Å². The first-order valence-electron chi connectivity index (χ1n) is 19.1. The zero-order chi connectivity index (χ0) is 36.7. The highest BCUT2D eigenvalue weighted by molar-refractivity contribution is 6.19. The molecule has 12 rings (SSSR count). The predicted molar refractivity (Wildman–Crippen MR) is 234 cm³/mol. The van der Waals surface area contributed by atoms with Gasteiger partial charge in [-0.2, -0.15) is 0 Å². The van der Waals surface area contributed by atoms with Crippen LogP contribution in [-0.4, -0.2) is 19.1 Å². The number of fused-ring (bicyclic) bond motifs is 9. The fraction of sp³-hybridized carbons (Fsp3) is 0. The summed E-state index contributed by atoms with van der Waals surface area (Å²) in [4.78, 5) is 10.9. The smallest absolute Gasteiger partial charge is 0.235 e. The molecule has 0 aliphatic rings. The van der Waals surface area contributed by atoms with Crippen LogP contribution in [0, 0.1) is 0 Å². The van der Waals surface area contributed by atoms with E-state index in [1.165, 1.54) is 59.7 Å². The van der Waals surface area contributed by atoms with Crippen molar-refractivity contribution in [1.82, 2.24) is 19.1 Å². The van der Waals surface area contributed by atoms with Gasteiger partial charge in [0, 0.05) is 38.2 Å². The number of hydrogen-bond donors (Lipinski definition) is 0. The van der Waals surface area contributed by atoms with Gasteiger partial charge in [0.1, 0.15) is 0 Å². The molecular formula is C52H32N4. The molecule has 0 aliphatic heterocycles. The summed E-state index contributed by atoms with van der Waals surface area (Å²) in [7, 11) is 0. The van der Waals surface area contributed by atoms with Gasteiger partial charge in [-0.25, -0.2) is 9.97 Å². The minimum Gasteiger partial charge on any atom is -0.309 e. The Morgan fingerprint density at radius 2 is 0.982 bits per heavy atom. The topological polar surface area (TPSA) is 35.6 Å². The van der Waals surface area contributed by atoms with Gasteiger partial charge in [0.25, 0.3) is 0 Å². The van der Waals surface area contributed by atoms with E-state index in [9.17, 15) is 0 Å². The van der Waals surface area contributed by atoms with Gasteiger partial charge in [-0.3, -0.25) is 4.57 Å². The lowest BCUT2D eigenvalue weighted by Gasteiger charge is -2.13. The molecule has 12 aromatic rings. The standard InChI is InChI=1S/C52H32N4/c1-2-17-39(18-3-1)55-46-23-11-9-19-41(46)42-28-27-38(32-48(42)55)51-43-20-8-10-22-45(43)53-52(54-51)56-47-24-12-21-40(37-26-25-33-13-4-5-14-34(33)29-37)50(47)44-30-35-15-6-7-16-36(35)31-49(44)56/h1-32H. The molecule has 3 heterocycles. The molecule has 4 heteroatoms. The van der Waals surface area contributed by atoms with E-state index >= 15 is 0 Å². The highest BCUT2D eigenvalue weighted by Gasteiger charge is 2.21. The lowest BCUT2D eigenvalue weighted by atomic mass is 9.96. The minimum absolute atomic E-state index is 0.647. The van der Waals surface area contributed by atoms with Gasteiger partial charge >= 0.3 is 0 Å². The molecule has 3 aromatic heterocycles. The second kappa shape index (κ2) is 12.0. The predicted octanol–water partition coefficient (Wildman–Crippen LogP) is 13.5. The van der Waals surface area contributed by atoms with Gasteiger partial charge in [0.15, 0.2) is 0 Å². The van der Waals surface area contributed by atoms with E-state index in [1.54, 1.807) is 0 Å². The highest BCUT2D eigenvalue weighted by Crippen LogP contribution is 2.42. The first-order valence-corrected chi connectivity index (χ1v) is 19.1. The third kappa shape index (κ3) is 4.60. The fourth-order valence-electron chi connectivity index (χ4n) is 8.92. The van der Waals surface area contributed by atoms with Gasteiger partial charge in [0.2, 0.25) is 5.95 Å². The largest absolute Gasteiger partial charge is 0.309 e. The van der Waals surface area contributed by atoms with E-state index in [1.807, 2.05) is 0 Å². The summed E-state index contributed by atoms with van der Waals surface area (Å²) >= 11 is 0. The number of aromatic nitrogens is 4. The van der Waals surface area contributed by atoms with Gasteiger partial charge in [-0.15, -0.1) is 0 Å². The molecular weight excluding hydrogens is 681 g/mol. The number of rotatable bonds is 4. The van der Waals surface area contributed by atoms with Crippen molar-refractivity contribution in [3.63, 3.8) is 0 Å². The SMILES string of the molecule is c1ccc(-n2c3ccccc3c3ccc(-c4nc(-n5c6cc7ccccc7cc6c6c(-c7ccc8ccccc8c7)cccc65)nc5ccccc45)cc32)cc1. The van der Waals surface area contributed by atoms with Crippen LogP contribution in [0.15, 0.2) is 194 Å². The van der Waals surface area contributed by atoms with Crippen molar-refractivity contribution in [3.8, 4) is 34.0 Å². The number of hydrogen-bond acceptors (Lipinski definition) is 2. The minimum atomic E-state index is 0.647. The molecule has 0 saturated carbocycles. The van der Waals surface area contributed by atoms with Crippen LogP contribution < -0.4 is 0 Å². The van der Waals surface area contributed by atoms with Crippen LogP contribution in [0.4, 0.5) is 0 Å². The summed E-state index contributed by atoms with van der Waals surface area (Å²) in [6.45, 7) is 0. The quantitative estimate of drug-likeness (QED) is 0.182. The van der Waals surface area contributed by atoms with E-state index in [0.717, 1.165) is 44.4 Å². The summed E-state index contributed by atoms with van der Waals surface area (Å²) in [5.74, 6) is 0.647. The van der Waals surface area contributed by atoms with Crippen LogP contribution in [0.2, 0.25) is 0 Å². The maximum Gasteiger partial charge on any atom is 0.235 e. The molecule has 0 atom stereocenters. The number of para-hydroxylation sites is 3. The summed E-state index contributed by atoms with van der Waals surface area (Å²) in [6.07, 6.45) is 0. The van der Waals surface area contributed by atoms with E-state index < -0.39 is 0 Å². The average Bonchev–Trinajstić information content (AvgIpc) is 3.77. The number of nitrogens with zero attached hydrogens (tertiary/aromatic N) is 4. The molecule has 0 N–H and O–H groups in total. The van der Waals surface area contributed by atoms with Crippen LogP contribution in [0.3, 0.4) is 0 Å². The van der Waals surface area contributed by atoms with Crippen LogP contribution >= 0.6 is 0 Å². The Bertz CT molecular complexity index is 3540. The van der Waals surface area contributed by atoms with E-state index in [0.29, 0.717) is 5.95 Å². The van der Waals surface area contributed by atoms with Crippen molar-refractivity contribution >= 4 is 76.1 Å². The van der Waals surface area contributed by atoms with E-state index in [2.05, 4.69) is 203 Å². The Hall–Kier alpha value is -7.56. The molecule has 260 valence electrons. The van der Waals surface area contributed by atoms with Crippen molar-refractivity contribution < 1.29 is 0 Å². The Morgan fingerprint density at radius 1 is 0.339 bits per heavy atom. The Balaban J connectivity index is 1.15. The summed E-state index contributed by atoms with van der Waals surface area (Å²) in [5, 5.41) is 10.7. The Kier molecular flexibility index (Phi) is 6.60. The van der Waals surface area contributed by atoms with Crippen LogP contribution in [0.5, 0.6) is 0 Å². The monoisotopic (exact) mass is 712 g/mol. The second-order valence-electron chi connectivity index (χ2n) is 14.6. The molecule has 0 saturated heterocycles. The number of benzene rings is 9. The van der Waals surface area contributed by atoms with E-state index in [4.69, 9.17) is 9.97 Å². The van der Waals surface area contributed by atoms with Crippen molar-refractivity contribution in [3.05, 3.63) is 194 Å². The summed E-state index contributed by atoms with van der Waals surface area (Å²) in [5.41, 5.74) is 10.8. The molecule has 0 spiro atoms. The van der Waals surface area contributed by atoms with Gasteiger partial charge in [0.05, 0.1) is 33.3 Å². The zero-order valence-electron chi connectivity index (χ0n) is 30.3. The zero-order valence-corrected chi connectivity index (χ0v) is 30.3. The van der Waals surface area contributed by atoms with Gasteiger partial charge in [-0.05, 0) is 87.3 Å². The molecule has 0 aliphatic carbocycles. The fourth-order valence-corrected chi connectivity index (χ4v) is 8.92. The third-order valence-electron chi connectivity index (χ3n) is 11.5. The van der Waals surface area contributed by atoms with Crippen molar-refractivity contribution in [1.29, 1.82) is 0 Å². The summed E-state index contributed by atoms with van der Waals surface area (Å²) < 4.78 is 4.64. The van der Waals surface area contributed by atoms with Crippen molar-refractivity contribution in [2.75, 3.05) is 0 Å². The molecule has 0 amide bonds. The average molecular weight is 713 g/mol. The molecule has 56 heavy (non-hydrogen) atoms. The van der Waals surface area contributed by atoms with Crippen LogP contribution in [-0.2, 0) is 0 Å². The molecule has 0 bridgehead atoms. The maximum absolute atomic E-state index is 5.54. The Morgan fingerprint density at radius 3 is 1.84 bits per heavy atom. The first-order chi connectivity index (χ1) is 27.8. The maximum atomic E-state index is 5.54. The molecule has 4 nitrogen and oxygen atoms in total. The normalized spacial score (nSPS) is 11.9. The van der Waals surface area contributed by atoms with Crippen molar-refractivity contribution in [2.45, 2.75) is 0 Å². The molecule has 9 aromatic carbocycles. The highest BCUT2D eigenvalue weighted by atomic mass is 15.2. The molecule has 0 radical (unpaired) electrons. The lowest BCUT2D eigenvalue weighted by molar-refractivity contribution is 1.01. The lowest BCUT2D eigenvalue weighted by Crippen LogP contribution is -2.03. The summed E-state index contributed by atoms with van der Waals surface area (Å²) in [6, 6.07) is 69.7. The third-order valence-corrected chi connectivity index (χ3v) is 11.5. The van der Waals surface area contributed by atoms with Crippen LogP contribution in [0.25, 0.3) is 110 Å². The van der Waals surface area contributed by atoms with Gasteiger partial charge < -0.3 is 4.57 Å². The van der Waals surface area contributed by atoms with Gasteiger partial charge in [-0.1, -0.05) is 140 Å². The molecule has 0 fully saturated rings. The first kappa shape index (κ1) is 30.9. The molecule has 0 unspecified atom stereocenters. The van der Waals surface area contributed by atoms with E-state index in [-0.39, 0.29) is 0 Å². The van der Waals surface area contributed by atoms with Crippen LogP contribution in [0.1, 0.15) is 0 Å².